The van der Waals surface area contributed by atoms with Crippen LogP contribution >= 0.6 is 11.6 Å². The Hall–Kier alpha value is -1.57. The van der Waals surface area contributed by atoms with Gasteiger partial charge in [0, 0.05) is 30.2 Å². The van der Waals surface area contributed by atoms with Crippen molar-refractivity contribution in [2.24, 2.45) is 5.92 Å². The number of hydrogen-bond acceptors (Lipinski definition) is 3. The number of nitrogens with one attached hydrogen (secondary N) is 1. The fourth-order valence-corrected chi connectivity index (χ4v) is 2.02. The second-order valence-corrected chi connectivity index (χ2v) is 5.53. The van der Waals surface area contributed by atoms with Crippen LogP contribution in [0.1, 0.15) is 20.3 Å². The lowest BCUT2D eigenvalue weighted by Gasteiger charge is -2.22. The molecule has 1 N–H and O–H groups in total. The number of carbonyl (C=O) groups excluding carboxylic acids is 1. The molecular weight excluding hydrogens is 274 g/mol. The minimum atomic E-state index is -0.0779. The van der Waals surface area contributed by atoms with Crippen molar-refractivity contribution in [1.82, 2.24) is 4.90 Å². The van der Waals surface area contributed by atoms with Gasteiger partial charge in [-0.1, -0.05) is 25.4 Å². The Kier molecular flexibility index (Phi) is 7.06. The number of halogens is 1. The molecule has 0 aliphatic rings. The molecule has 0 aromatic heterocycles. The van der Waals surface area contributed by atoms with E-state index in [9.17, 15) is 4.79 Å². The number of hydrogen-bond donors (Lipinski definition) is 1. The molecule has 0 unspecified atom stereocenters. The van der Waals surface area contributed by atoms with E-state index in [4.69, 9.17) is 16.9 Å². The van der Waals surface area contributed by atoms with Gasteiger partial charge in [-0.15, -0.1) is 0 Å². The number of carbonyl (C=O) groups is 1. The summed E-state index contributed by atoms with van der Waals surface area (Å²) in [5.41, 5.74) is 0.726. The summed E-state index contributed by atoms with van der Waals surface area (Å²) in [5, 5.41) is 12.1. The third-order valence-corrected chi connectivity index (χ3v) is 2.91. The van der Waals surface area contributed by atoms with Crippen LogP contribution in [0.15, 0.2) is 24.3 Å². The van der Waals surface area contributed by atoms with Gasteiger partial charge in [-0.25, -0.2) is 0 Å². The molecule has 0 bridgehead atoms. The van der Waals surface area contributed by atoms with E-state index in [1.165, 1.54) is 0 Å². The molecule has 0 saturated carbocycles. The second kappa shape index (κ2) is 8.57. The molecule has 5 heteroatoms. The minimum absolute atomic E-state index is 0.0779. The first kappa shape index (κ1) is 16.5. The lowest BCUT2D eigenvalue weighted by molar-refractivity contribution is -0.117. The number of nitrogens with zero attached hydrogens (tertiary/aromatic N) is 2. The van der Waals surface area contributed by atoms with E-state index in [1.54, 1.807) is 24.3 Å². The molecule has 108 valence electrons. The van der Waals surface area contributed by atoms with Gasteiger partial charge in [-0.05, 0) is 30.2 Å². The molecule has 0 saturated heterocycles. The highest BCUT2D eigenvalue weighted by atomic mass is 35.5. The number of anilines is 1. The van der Waals surface area contributed by atoms with Gasteiger partial charge in [0.1, 0.15) is 0 Å². The molecule has 1 aromatic carbocycles. The smallest absolute Gasteiger partial charge is 0.238 e. The van der Waals surface area contributed by atoms with Crippen molar-refractivity contribution < 1.29 is 4.79 Å². The molecule has 1 rings (SSSR count). The van der Waals surface area contributed by atoms with Crippen LogP contribution < -0.4 is 5.32 Å². The van der Waals surface area contributed by atoms with E-state index < -0.39 is 0 Å². The van der Waals surface area contributed by atoms with Gasteiger partial charge in [0.25, 0.3) is 0 Å². The molecule has 0 fully saturated rings. The van der Waals surface area contributed by atoms with Gasteiger partial charge >= 0.3 is 0 Å². The van der Waals surface area contributed by atoms with Gasteiger partial charge < -0.3 is 5.32 Å². The molecule has 0 heterocycles. The van der Waals surface area contributed by atoms with Gasteiger partial charge in [0.05, 0.1) is 12.6 Å². The molecule has 0 radical (unpaired) electrons. The Morgan fingerprint density at radius 3 is 2.60 bits per heavy atom. The fourth-order valence-electron chi connectivity index (χ4n) is 1.90. The highest BCUT2D eigenvalue weighted by Gasteiger charge is 2.12. The topological polar surface area (TPSA) is 56.1 Å². The Morgan fingerprint density at radius 2 is 2.05 bits per heavy atom. The second-order valence-electron chi connectivity index (χ2n) is 5.09. The maximum atomic E-state index is 12.0. The third kappa shape index (κ3) is 6.55. The Bertz CT molecular complexity index is 465. The highest BCUT2D eigenvalue weighted by Crippen LogP contribution is 2.13. The van der Waals surface area contributed by atoms with Crippen molar-refractivity contribution in [1.29, 1.82) is 5.26 Å². The average Bonchev–Trinajstić information content (AvgIpc) is 2.38. The molecule has 1 amide bonds. The number of benzene rings is 1. The largest absolute Gasteiger partial charge is 0.325 e. The molecule has 4 nitrogen and oxygen atoms in total. The first-order valence-corrected chi connectivity index (χ1v) is 7.03. The zero-order chi connectivity index (χ0) is 15.0. The van der Waals surface area contributed by atoms with E-state index in [2.05, 4.69) is 25.2 Å². The zero-order valence-electron chi connectivity index (χ0n) is 11.9. The fraction of sp³-hybridized carbons (Fsp3) is 0.467. The van der Waals surface area contributed by atoms with Crippen LogP contribution in [0.4, 0.5) is 5.69 Å². The van der Waals surface area contributed by atoms with Gasteiger partial charge in [-0.2, -0.15) is 5.26 Å². The van der Waals surface area contributed by atoms with Crippen LogP contribution in [-0.2, 0) is 4.79 Å². The number of nitriles is 1. The Labute approximate surface area is 125 Å². The summed E-state index contributed by atoms with van der Waals surface area (Å²) in [4.78, 5) is 14.0. The van der Waals surface area contributed by atoms with Crippen molar-refractivity contribution in [3.8, 4) is 6.07 Å². The molecule has 0 atom stereocenters. The van der Waals surface area contributed by atoms with Crippen molar-refractivity contribution in [2.75, 3.05) is 25.0 Å². The van der Waals surface area contributed by atoms with E-state index in [-0.39, 0.29) is 5.91 Å². The molecule has 0 aliphatic heterocycles. The van der Waals surface area contributed by atoms with Crippen LogP contribution in [0.2, 0.25) is 5.02 Å². The van der Waals surface area contributed by atoms with Crippen LogP contribution in [0.3, 0.4) is 0 Å². The van der Waals surface area contributed by atoms with Gasteiger partial charge in [-0.3, -0.25) is 9.69 Å². The van der Waals surface area contributed by atoms with Crippen molar-refractivity contribution in [3.05, 3.63) is 29.3 Å². The first-order valence-electron chi connectivity index (χ1n) is 6.66. The summed E-state index contributed by atoms with van der Waals surface area (Å²) in [5.74, 6) is 0.378. The Balaban J connectivity index is 2.52. The molecule has 0 spiro atoms. The Morgan fingerprint density at radius 1 is 1.40 bits per heavy atom. The lowest BCUT2D eigenvalue weighted by atomic mass is 10.2. The van der Waals surface area contributed by atoms with Crippen LogP contribution in [0.25, 0.3) is 0 Å². The predicted molar refractivity (Wildman–Crippen MR) is 81.6 cm³/mol. The predicted octanol–water partition coefficient (Wildman–Crippen LogP) is 3.15. The van der Waals surface area contributed by atoms with Crippen LogP contribution in [-0.4, -0.2) is 30.4 Å². The lowest BCUT2D eigenvalue weighted by Crippen LogP contribution is -2.36. The van der Waals surface area contributed by atoms with Crippen LogP contribution in [0, 0.1) is 17.2 Å². The van der Waals surface area contributed by atoms with Crippen molar-refractivity contribution in [3.63, 3.8) is 0 Å². The van der Waals surface area contributed by atoms with Gasteiger partial charge in [0.2, 0.25) is 5.91 Å². The summed E-state index contributed by atoms with van der Waals surface area (Å²) in [6.07, 6.45) is 0.431. The first-order chi connectivity index (χ1) is 9.51. The number of rotatable bonds is 7. The van der Waals surface area contributed by atoms with E-state index in [0.29, 0.717) is 30.5 Å². The molecular formula is C15H20ClN3O. The zero-order valence-corrected chi connectivity index (χ0v) is 12.7. The monoisotopic (exact) mass is 293 g/mol. The van der Waals surface area contributed by atoms with E-state index >= 15 is 0 Å². The molecule has 20 heavy (non-hydrogen) atoms. The normalized spacial score (nSPS) is 10.6. The summed E-state index contributed by atoms with van der Waals surface area (Å²) in [7, 11) is 0. The molecule has 0 aliphatic carbocycles. The van der Waals surface area contributed by atoms with Crippen LogP contribution in [0.5, 0.6) is 0 Å². The summed E-state index contributed by atoms with van der Waals surface area (Å²) in [6.45, 7) is 5.90. The van der Waals surface area contributed by atoms with Crippen molar-refractivity contribution in [2.45, 2.75) is 20.3 Å². The molecule has 1 aromatic rings. The summed E-state index contributed by atoms with van der Waals surface area (Å²) < 4.78 is 0. The standard InChI is InChI=1S/C15H20ClN3O/c1-12(2)10-19(9-3-8-17)11-15(20)18-14-6-4-13(16)5-7-14/h4-7,12H,3,9-11H2,1-2H3,(H,18,20). The quantitative estimate of drug-likeness (QED) is 0.840. The highest BCUT2D eigenvalue weighted by molar-refractivity contribution is 6.30. The number of amides is 1. The summed E-state index contributed by atoms with van der Waals surface area (Å²) >= 11 is 5.80. The summed E-state index contributed by atoms with van der Waals surface area (Å²) in [6, 6.07) is 9.11. The third-order valence-electron chi connectivity index (χ3n) is 2.66. The van der Waals surface area contributed by atoms with E-state index in [1.807, 2.05) is 4.90 Å². The maximum absolute atomic E-state index is 12.0. The van der Waals surface area contributed by atoms with Gasteiger partial charge in [0.15, 0.2) is 0 Å². The SMILES string of the molecule is CC(C)CN(CCC#N)CC(=O)Nc1ccc(Cl)cc1. The van der Waals surface area contributed by atoms with Crippen molar-refractivity contribution >= 4 is 23.2 Å². The minimum Gasteiger partial charge on any atom is -0.325 e. The maximum Gasteiger partial charge on any atom is 0.238 e. The average molecular weight is 294 g/mol. The van der Waals surface area contributed by atoms with E-state index in [0.717, 1.165) is 12.2 Å².